The second-order valence-electron chi connectivity index (χ2n) is 6.12. The summed E-state index contributed by atoms with van der Waals surface area (Å²) in [5, 5.41) is 2.84. The predicted molar refractivity (Wildman–Crippen MR) is 94.9 cm³/mol. The molecule has 0 saturated heterocycles. The van der Waals surface area contributed by atoms with Gasteiger partial charge in [-0.15, -0.1) is 0 Å². The summed E-state index contributed by atoms with van der Waals surface area (Å²) in [7, 11) is 0. The summed E-state index contributed by atoms with van der Waals surface area (Å²) in [6.45, 7) is 3.37. The molecule has 1 aliphatic rings. The van der Waals surface area contributed by atoms with E-state index in [1.165, 1.54) is 11.1 Å². The first-order chi connectivity index (χ1) is 11.7. The summed E-state index contributed by atoms with van der Waals surface area (Å²) < 4.78 is 0. The molecule has 24 heavy (non-hydrogen) atoms. The second-order valence-corrected chi connectivity index (χ2v) is 6.12. The first-order valence-electron chi connectivity index (χ1n) is 8.43. The van der Waals surface area contributed by atoms with Crippen LogP contribution >= 0.6 is 0 Å². The second kappa shape index (κ2) is 7.30. The van der Waals surface area contributed by atoms with E-state index >= 15 is 0 Å². The van der Waals surface area contributed by atoms with Crippen molar-refractivity contribution in [3.8, 4) is 0 Å². The highest BCUT2D eigenvalue weighted by Crippen LogP contribution is 2.21. The van der Waals surface area contributed by atoms with Crippen molar-refractivity contribution < 1.29 is 9.59 Å². The van der Waals surface area contributed by atoms with E-state index in [2.05, 4.69) is 17.4 Å². The van der Waals surface area contributed by atoms with E-state index in [-0.39, 0.29) is 11.8 Å². The smallest absolute Gasteiger partial charge is 0.254 e. The molecule has 0 bridgehead atoms. The molecule has 0 fully saturated rings. The van der Waals surface area contributed by atoms with Crippen molar-refractivity contribution >= 4 is 17.5 Å². The fourth-order valence-electron chi connectivity index (χ4n) is 3.00. The molecule has 0 spiro atoms. The van der Waals surface area contributed by atoms with Crippen LogP contribution in [0.1, 0.15) is 41.3 Å². The Morgan fingerprint density at radius 1 is 1.04 bits per heavy atom. The van der Waals surface area contributed by atoms with Crippen LogP contribution in [0.25, 0.3) is 0 Å². The Hall–Kier alpha value is -2.62. The molecule has 3 rings (SSSR count). The first-order valence-corrected chi connectivity index (χ1v) is 8.43. The lowest BCUT2D eigenvalue weighted by atomic mass is 9.99. The van der Waals surface area contributed by atoms with Gasteiger partial charge in [-0.1, -0.05) is 31.2 Å². The molecule has 1 heterocycles. The highest BCUT2D eigenvalue weighted by molar-refractivity contribution is 5.96. The van der Waals surface area contributed by atoms with E-state index < -0.39 is 0 Å². The Balaban J connectivity index is 1.66. The number of hydrogen-bond acceptors (Lipinski definition) is 2. The van der Waals surface area contributed by atoms with Gasteiger partial charge in [-0.25, -0.2) is 0 Å². The van der Waals surface area contributed by atoms with Gasteiger partial charge in [0.25, 0.3) is 5.91 Å². The zero-order chi connectivity index (χ0) is 16.9. The lowest BCUT2D eigenvalue weighted by molar-refractivity contribution is -0.116. The van der Waals surface area contributed by atoms with Crippen LogP contribution in [-0.2, 0) is 17.8 Å². The number of anilines is 1. The van der Waals surface area contributed by atoms with Crippen LogP contribution in [-0.4, -0.2) is 23.3 Å². The molecule has 0 aliphatic carbocycles. The van der Waals surface area contributed by atoms with Crippen LogP contribution in [0.5, 0.6) is 0 Å². The molecule has 2 amide bonds. The third-order valence-electron chi connectivity index (χ3n) is 4.31. The number of rotatable bonds is 4. The fraction of sp³-hybridized carbons (Fsp3) is 0.300. The van der Waals surface area contributed by atoms with Crippen molar-refractivity contribution in [1.82, 2.24) is 4.90 Å². The third-order valence-corrected chi connectivity index (χ3v) is 4.31. The van der Waals surface area contributed by atoms with Crippen LogP contribution in [0.4, 0.5) is 5.69 Å². The molecule has 4 heteroatoms. The van der Waals surface area contributed by atoms with Gasteiger partial charge in [0, 0.05) is 30.8 Å². The molecule has 1 N–H and O–H groups in total. The Morgan fingerprint density at radius 3 is 2.46 bits per heavy atom. The molecule has 0 radical (unpaired) electrons. The summed E-state index contributed by atoms with van der Waals surface area (Å²) in [6.07, 6.45) is 2.22. The van der Waals surface area contributed by atoms with Crippen molar-refractivity contribution in [2.24, 2.45) is 0 Å². The average Bonchev–Trinajstić information content (AvgIpc) is 2.61. The molecular weight excluding hydrogens is 300 g/mol. The van der Waals surface area contributed by atoms with Crippen molar-refractivity contribution in [2.45, 2.75) is 32.7 Å². The molecule has 0 aromatic heterocycles. The highest BCUT2D eigenvalue weighted by atomic mass is 16.2. The largest absolute Gasteiger partial charge is 0.334 e. The monoisotopic (exact) mass is 322 g/mol. The van der Waals surface area contributed by atoms with Crippen LogP contribution in [0.15, 0.2) is 48.5 Å². The summed E-state index contributed by atoms with van der Waals surface area (Å²) in [5.41, 5.74) is 3.94. The van der Waals surface area contributed by atoms with E-state index in [1.54, 1.807) is 24.3 Å². The number of nitrogens with zero attached hydrogens (tertiary/aromatic N) is 1. The first kappa shape index (κ1) is 16.2. The SMILES string of the molecule is CCCC(=O)Nc1ccc(C(=O)N2CCc3ccccc3C2)cc1. The van der Waals surface area contributed by atoms with Gasteiger partial charge in [0.05, 0.1) is 0 Å². The number of nitrogens with one attached hydrogen (secondary N) is 1. The topological polar surface area (TPSA) is 49.4 Å². The maximum Gasteiger partial charge on any atom is 0.254 e. The summed E-state index contributed by atoms with van der Waals surface area (Å²) >= 11 is 0. The zero-order valence-corrected chi connectivity index (χ0v) is 13.9. The standard InChI is InChI=1S/C20H22N2O2/c1-2-5-19(23)21-18-10-8-16(9-11-18)20(24)22-13-12-15-6-3-4-7-17(15)14-22/h3-4,6-11H,2,5,12-14H2,1H3,(H,21,23). The van der Waals surface area contributed by atoms with Crippen LogP contribution in [0.3, 0.4) is 0 Å². The van der Waals surface area contributed by atoms with E-state index in [9.17, 15) is 9.59 Å². The van der Waals surface area contributed by atoms with Gasteiger partial charge < -0.3 is 10.2 Å². The van der Waals surface area contributed by atoms with Crippen molar-refractivity contribution in [2.75, 3.05) is 11.9 Å². The summed E-state index contributed by atoms with van der Waals surface area (Å²) in [4.78, 5) is 26.2. The summed E-state index contributed by atoms with van der Waals surface area (Å²) in [5.74, 6) is 0.0418. The minimum atomic E-state index is 0.00390. The quantitative estimate of drug-likeness (QED) is 0.934. The third kappa shape index (κ3) is 3.65. The minimum Gasteiger partial charge on any atom is -0.334 e. The number of hydrogen-bond donors (Lipinski definition) is 1. The molecule has 0 unspecified atom stereocenters. The van der Waals surface area contributed by atoms with Gasteiger partial charge in [0.2, 0.25) is 5.91 Å². The molecule has 4 nitrogen and oxygen atoms in total. The van der Waals surface area contributed by atoms with Gasteiger partial charge in [-0.2, -0.15) is 0 Å². The van der Waals surface area contributed by atoms with Crippen LogP contribution in [0, 0.1) is 0 Å². The van der Waals surface area contributed by atoms with Crippen LogP contribution in [0.2, 0.25) is 0 Å². The maximum atomic E-state index is 12.7. The molecule has 1 aliphatic heterocycles. The average molecular weight is 322 g/mol. The molecule has 124 valence electrons. The molecule has 0 atom stereocenters. The summed E-state index contributed by atoms with van der Waals surface area (Å²) in [6, 6.07) is 15.4. The number of amides is 2. The van der Waals surface area contributed by atoms with Gasteiger partial charge in [0.1, 0.15) is 0 Å². The van der Waals surface area contributed by atoms with E-state index in [0.29, 0.717) is 18.5 Å². The highest BCUT2D eigenvalue weighted by Gasteiger charge is 2.21. The van der Waals surface area contributed by atoms with Gasteiger partial charge >= 0.3 is 0 Å². The van der Waals surface area contributed by atoms with Crippen molar-refractivity contribution in [3.05, 3.63) is 65.2 Å². The lowest BCUT2D eigenvalue weighted by Crippen LogP contribution is -2.35. The maximum absolute atomic E-state index is 12.7. The number of fused-ring (bicyclic) bond motifs is 1. The van der Waals surface area contributed by atoms with Gasteiger partial charge in [-0.3, -0.25) is 9.59 Å². The van der Waals surface area contributed by atoms with E-state index in [0.717, 1.165) is 25.1 Å². The lowest BCUT2D eigenvalue weighted by Gasteiger charge is -2.29. The Bertz CT molecular complexity index is 738. The van der Waals surface area contributed by atoms with Crippen LogP contribution < -0.4 is 5.32 Å². The minimum absolute atomic E-state index is 0.00390. The normalized spacial score (nSPS) is 13.3. The Morgan fingerprint density at radius 2 is 1.75 bits per heavy atom. The number of benzene rings is 2. The van der Waals surface area contributed by atoms with E-state index in [4.69, 9.17) is 0 Å². The fourth-order valence-corrected chi connectivity index (χ4v) is 3.00. The van der Waals surface area contributed by atoms with E-state index in [1.807, 2.05) is 24.0 Å². The van der Waals surface area contributed by atoms with Crippen molar-refractivity contribution in [1.29, 1.82) is 0 Å². The Labute approximate surface area is 142 Å². The van der Waals surface area contributed by atoms with Crippen molar-refractivity contribution in [3.63, 3.8) is 0 Å². The van der Waals surface area contributed by atoms with Gasteiger partial charge in [-0.05, 0) is 48.2 Å². The number of carbonyl (C=O) groups excluding carboxylic acids is 2. The molecule has 2 aromatic carbocycles. The number of carbonyl (C=O) groups is 2. The molecule has 2 aromatic rings. The van der Waals surface area contributed by atoms with Gasteiger partial charge in [0.15, 0.2) is 0 Å². The molecular formula is C20H22N2O2. The predicted octanol–water partition coefficient (Wildman–Crippen LogP) is 3.62. The molecule has 0 saturated carbocycles. The zero-order valence-electron chi connectivity index (χ0n) is 13.9. The Kier molecular flexibility index (Phi) is 4.94.